The molecule has 2 rings (SSSR count). The van der Waals surface area contributed by atoms with E-state index in [0.717, 1.165) is 11.3 Å². The van der Waals surface area contributed by atoms with Crippen LogP contribution in [-0.2, 0) is 0 Å². The molecule has 0 bridgehead atoms. The van der Waals surface area contributed by atoms with Crippen LogP contribution in [0.1, 0.15) is 38.2 Å². The van der Waals surface area contributed by atoms with Gasteiger partial charge in [0, 0.05) is 11.7 Å². The number of halogens is 1. The minimum absolute atomic E-state index is 0.220. The molecule has 0 aliphatic heterocycles. The van der Waals surface area contributed by atoms with Crippen LogP contribution < -0.4 is 10.6 Å². The van der Waals surface area contributed by atoms with E-state index >= 15 is 0 Å². The Hall–Kier alpha value is -1.16. The van der Waals surface area contributed by atoms with Crippen molar-refractivity contribution in [3.8, 4) is 0 Å². The van der Waals surface area contributed by atoms with Crippen molar-refractivity contribution in [2.45, 2.75) is 45.6 Å². The second kappa shape index (κ2) is 6.33. The van der Waals surface area contributed by atoms with Gasteiger partial charge in [-0.2, -0.15) is 0 Å². The maximum atomic E-state index is 13.0. The fourth-order valence-electron chi connectivity index (χ4n) is 2.62. The first-order valence-electron chi connectivity index (χ1n) is 6.90. The van der Waals surface area contributed by atoms with Crippen molar-refractivity contribution in [3.63, 3.8) is 0 Å². The summed E-state index contributed by atoms with van der Waals surface area (Å²) < 4.78 is 13.0. The number of thiocarbonyl (C=S) groups is 1. The van der Waals surface area contributed by atoms with E-state index in [1.807, 2.05) is 6.92 Å². The van der Waals surface area contributed by atoms with Crippen LogP contribution >= 0.6 is 12.2 Å². The third-order valence-corrected chi connectivity index (χ3v) is 4.08. The summed E-state index contributed by atoms with van der Waals surface area (Å²) in [4.78, 5) is 0. The van der Waals surface area contributed by atoms with Gasteiger partial charge >= 0.3 is 0 Å². The van der Waals surface area contributed by atoms with E-state index in [-0.39, 0.29) is 5.82 Å². The lowest BCUT2D eigenvalue weighted by molar-refractivity contribution is 0.309. The first-order valence-corrected chi connectivity index (χ1v) is 7.31. The van der Waals surface area contributed by atoms with Crippen LogP contribution in [0.2, 0.25) is 0 Å². The molecule has 4 heteroatoms. The van der Waals surface area contributed by atoms with Crippen LogP contribution in [0.4, 0.5) is 10.1 Å². The average molecular weight is 280 g/mol. The van der Waals surface area contributed by atoms with Gasteiger partial charge in [0.25, 0.3) is 0 Å². The van der Waals surface area contributed by atoms with Gasteiger partial charge in [-0.1, -0.05) is 19.8 Å². The highest BCUT2D eigenvalue weighted by molar-refractivity contribution is 7.80. The molecule has 0 heterocycles. The van der Waals surface area contributed by atoms with Gasteiger partial charge < -0.3 is 10.6 Å². The first kappa shape index (κ1) is 14.3. The molecule has 1 aliphatic carbocycles. The minimum Gasteiger partial charge on any atom is -0.359 e. The van der Waals surface area contributed by atoms with Crippen molar-refractivity contribution in [2.24, 2.45) is 5.92 Å². The third-order valence-electron chi connectivity index (χ3n) is 3.86. The van der Waals surface area contributed by atoms with Gasteiger partial charge in [-0.25, -0.2) is 4.39 Å². The average Bonchev–Trinajstić information content (AvgIpc) is 2.36. The fraction of sp³-hybridized carbons (Fsp3) is 0.533. The SMILES string of the molecule is Cc1cc(F)ccc1NC(=S)N[C@@H]1CCCC[C@H]1C. The van der Waals surface area contributed by atoms with Crippen molar-refractivity contribution < 1.29 is 4.39 Å². The van der Waals surface area contributed by atoms with Crippen LogP contribution in [0.25, 0.3) is 0 Å². The van der Waals surface area contributed by atoms with Gasteiger partial charge in [-0.05, 0) is 61.7 Å². The normalized spacial score (nSPS) is 22.9. The first-order chi connectivity index (χ1) is 9.06. The van der Waals surface area contributed by atoms with E-state index < -0.39 is 0 Å². The highest BCUT2D eigenvalue weighted by Gasteiger charge is 2.21. The topological polar surface area (TPSA) is 24.1 Å². The molecule has 2 atom stereocenters. The molecule has 1 fully saturated rings. The van der Waals surface area contributed by atoms with E-state index in [1.165, 1.54) is 37.8 Å². The van der Waals surface area contributed by atoms with E-state index in [1.54, 1.807) is 6.07 Å². The molecule has 0 saturated heterocycles. The van der Waals surface area contributed by atoms with Crippen molar-refractivity contribution in [3.05, 3.63) is 29.6 Å². The largest absolute Gasteiger partial charge is 0.359 e. The lowest BCUT2D eigenvalue weighted by Gasteiger charge is -2.30. The summed E-state index contributed by atoms with van der Waals surface area (Å²) in [6.45, 7) is 4.14. The van der Waals surface area contributed by atoms with E-state index in [4.69, 9.17) is 12.2 Å². The van der Waals surface area contributed by atoms with Gasteiger partial charge in [0.15, 0.2) is 5.11 Å². The Balaban J connectivity index is 1.93. The Labute approximate surface area is 119 Å². The Kier molecular flexibility index (Phi) is 4.75. The zero-order chi connectivity index (χ0) is 13.8. The predicted octanol–water partition coefficient (Wildman–Crippen LogP) is 4.00. The fourth-order valence-corrected chi connectivity index (χ4v) is 2.89. The highest BCUT2D eigenvalue weighted by atomic mass is 32.1. The number of hydrogen-bond acceptors (Lipinski definition) is 1. The lowest BCUT2D eigenvalue weighted by Crippen LogP contribution is -2.43. The summed E-state index contributed by atoms with van der Waals surface area (Å²) in [6, 6.07) is 5.13. The maximum Gasteiger partial charge on any atom is 0.171 e. The predicted molar refractivity (Wildman–Crippen MR) is 81.9 cm³/mol. The van der Waals surface area contributed by atoms with Gasteiger partial charge in [0.1, 0.15) is 5.82 Å². The molecule has 1 aromatic rings. The Morgan fingerprint density at radius 3 is 2.74 bits per heavy atom. The molecule has 1 aromatic carbocycles. The smallest absolute Gasteiger partial charge is 0.171 e. The number of hydrogen-bond donors (Lipinski definition) is 2. The van der Waals surface area contributed by atoms with Gasteiger partial charge in [0.2, 0.25) is 0 Å². The number of aryl methyl sites for hydroxylation is 1. The molecule has 0 aromatic heterocycles. The van der Waals surface area contributed by atoms with Crippen molar-refractivity contribution in [1.29, 1.82) is 0 Å². The van der Waals surface area contributed by atoms with Crippen molar-refractivity contribution in [2.75, 3.05) is 5.32 Å². The second-order valence-corrected chi connectivity index (χ2v) is 5.83. The summed E-state index contributed by atoms with van der Waals surface area (Å²) >= 11 is 5.35. The Morgan fingerprint density at radius 2 is 2.05 bits per heavy atom. The Morgan fingerprint density at radius 1 is 1.32 bits per heavy atom. The van der Waals surface area contributed by atoms with Crippen LogP contribution in [0, 0.1) is 18.7 Å². The summed E-state index contributed by atoms with van der Waals surface area (Å²) in [7, 11) is 0. The minimum atomic E-state index is -0.220. The molecule has 0 radical (unpaired) electrons. The number of benzene rings is 1. The summed E-state index contributed by atoms with van der Waals surface area (Å²) in [5.41, 5.74) is 1.73. The maximum absolute atomic E-state index is 13.0. The molecular weight excluding hydrogens is 259 g/mol. The molecule has 0 unspecified atom stereocenters. The molecule has 2 nitrogen and oxygen atoms in total. The summed E-state index contributed by atoms with van der Waals surface area (Å²) in [5.74, 6) is 0.436. The molecule has 0 amide bonds. The van der Waals surface area contributed by atoms with E-state index in [2.05, 4.69) is 17.6 Å². The van der Waals surface area contributed by atoms with E-state index in [0.29, 0.717) is 17.1 Å². The monoisotopic (exact) mass is 280 g/mol. The standard InChI is InChI=1S/C15H21FN2S/c1-10-5-3-4-6-13(10)17-15(19)18-14-8-7-12(16)9-11(14)2/h7-10,13H,3-6H2,1-2H3,(H2,17,18,19)/t10-,13-/m1/s1. The second-order valence-electron chi connectivity index (χ2n) is 5.43. The number of anilines is 1. The highest BCUT2D eigenvalue weighted by Crippen LogP contribution is 2.24. The number of nitrogens with one attached hydrogen (secondary N) is 2. The molecule has 1 saturated carbocycles. The van der Waals surface area contributed by atoms with Crippen molar-refractivity contribution in [1.82, 2.24) is 5.32 Å². The molecule has 1 aliphatic rings. The summed E-state index contributed by atoms with van der Waals surface area (Å²) in [5, 5.41) is 7.18. The lowest BCUT2D eigenvalue weighted by atomic mass is 9.86. The quantitative estimate of drug-likeness (QED) is 0.801. The molecular formula is C15H21FN2S. The number of rotatable bonds is 2. The summed E-state index contributed by atoms with van der Waals surface area (Å²) in [6.07, 6.45) is 5.01. The van der Waals surface area contributed by atoms with Gasteiger partial charge in [-0.15, -0.1) is 0 Å². The van der Waals surface area contributed by atoms with Gasteiger partial charge in [0.05, 0.1) is 0 Å². The zero-order valence-corrected chi connectivity index (χ0v) is 12.3. The Bertz CT molecular complexity index is 461. The van der Waals surface area contributed by atoms with Gasteiger partial charge in [-0.3, -0.25) is 0 Å². The van der Waals surface area contributed by atoms with Crippen molar-refractivity contribution >= 4 is 23.0 Å². The van der Waals surface area contributed by atoms with Crippen LogP contribution in [0.5, 0.6) is 0 Å². The van der Waals surface area contributed by atoms with E-state index in [9.17, 15) is 4.39 Å². The zero-order valence-electron chi connectivity index (χ0n) is 11.5. The third kappa shape index (κ3) is 3.90. The van der Waals surface area contributed by atoms with Crippen LogP contribution in [-0.4, -0.2) is 11.2 Å². The van der Waals surface area contributed by atoms with Crippen LogP contribution in [0.15, 0.2) is 18.2 Å². The molecule has 19 heavy (non-hydrogen) atoms. The van der Waals surface area contributed by atoms with Crippen LogP contribution in [0.3, 0.4) is 0 Å². The molecule has 0 spiro atoms. The molecule has 104 valence electrons. The molecule has 2 N–H and O–H groups in total.